The van der Waals surface area contributed by atoms with Crippen molar-refractivity contribution in [1.29, 1.82) is 5.26 Å². The first kappa shape index (κ1) is 17.4. The Labute approximate surface area is 180 Å². The molecular formula is C27H18N4. The molecule has 1 N–H and O–H groups in total. The summed E-state index contributed by atoms with van der Waals surface area (Å²) in [5.74, 6) is 0. The number of nitrogens with one attached hydrogen (secondary N) is 1. The molecule has 4 nitrogen and oxygen atoms in total. The van der Waals surface area contributed by atoms with Gasteiger partial charge in [0, 0.05) is 16.2 Å². The van der Waals surface area contributed by atoms with Crippen LogP contribution in [0.25, 0.3) is 21.5 Å². The van der Waals surface area contributed by atoms with Crippen molar-refractivity contribution in [2.75, 3.05) is 15.6 Å². The molecule has 31 heavy (non-hydrogen) atoms. The number of anilines is 4. The monoisotopic (exact) mass is 398 g/mol. The Morgan fingerprint density at radius 1 is 0.613 bits per heavy atom. The lowest BCUT2D eigenvalue weighted by atomic mass is 10.0. The molecule has 5 aromatic carbocycles. The van der Waals surface area contributed by atoms with Crippen LogP contribution >= 0.6 is 0 Å². The summed E-state index contributed by atoms with van der Waals surface area (Å²) in [7, 11) is 0. The number of para-hydroxylation sites is 1. The molecule has 0 aromatic heterocycles. The molecule has 0 fully saturated rings. The van der Waals surface area contributed by atoms with Crippen LogP contribution in [0.15, 0.2) is 103 Å². The molecule has 6 rings (SSSR count). The molecule has 1 aliphatic heterocycles. The zero-order chi connectivity index (χ0) is 20.8. The quantitative estimate of drug-likeness (QED) is 0.356. The summed E-state index contributed by atoms with van der Waals surface area (Å²) >= 11 is 0. The Hall–Kier alpha value is -4.49. The molecule has 0 amide bonds. The predicted molar refractivity (Wildman–Crippen MR) is 127 cm³/mol. The molecule has 5 aromatic rings. The zero-order valence-corrected chi connectivity index (χ0v) is 16.7. The van der Waals surface area contributed by atoms with Crippen molar-refractivity contribution < 1.29 is 0 Å². The van der Waals surface area contributed by atoms with Crippen LogP contribution in [0.4, 0.5) is 22.7 Å². The maximum Gasteiger partial charge on any atom is 0.0998 e. The summed E-state index contributed by atoms with van der Waals surface area (Å²) in [4.78, 5) is 0. The number of benzene rings is 5. The Kier molecular flexibility index (Phi) is 3.81. The third-order valence-corrected chi connectivity index (χ3v) is 5.80. The van der Waals surface area contributed by atoms with Crippen LogP contribution in [-0.4, -0.2) is 0 Å². The fourth-order valence-corrected chi connectivity index (χ4v) is 4.37. The van der Waals surface area contributed by atoms with Crippen LogP contribution in [-0.2, 0) is 0 Å². The Morgan fingerprint density at radius 3 is 2.10 bits per heavy atom. The first-order valence-electron chi connectivity index (χ1n) is 10.2. The minimum absolute atomic E-state index is 0.674. The van der Waals surface area contributed by atoms with Gasteiger partial charge in [0.15, 0.2) is 0 Å². The molecule has 0 bridgehead atoms. The Morgan fingerprint density at radius 2 is 1.29 bits per heavy atom. The summed E-state index contributed by atoms with van der Waals surface area (Å²) in [6.45, 7) is 0. The molecule has 0 saturated heterocycles. The van der Waals surface area contributed by atoms with E-state index in [1.165, 1.54) is 10.8 Å². The molecule has 0 aliphatic carbocycles. The van der Waals surface area contributed by atoms with Crippen molar-refractivity contribution in [2.24, 2.45) is 0 Å². The second-order valence-electron chi connectivity index (χ2n) is 7.54. The minimum atomic E-state index is 0.674. The molecule has 4 heteroatoms. The van der Waals surface area contributed by atoms with Crippen LogP contribution < -0.4 is 15.6 Å². The van der Waals surface area contributed by atoms with Gasteiger partial charge in [-0.05, 0) is 35.7 Å². The maximum atomic E-state index is 9.59. The topological polar surface area (TPSA) is 42.3 Å². The van der Waals surface area contributed by atoms with Crippen LogP contribution in [0.5, 0.6) is 0 Å². The van der Waals surface area contributed by atoms with E-state index in [9.17, 15) is 5.26 Å². The molecule has 146 valence electrons. The molecule has 0 saturated carbocycles. The summed E-state index contributed by atoms with van der Waals surface area (Å²) in [6.07, 6.45) is 0. The Balaban J connectivity index is 1.62. The van der Waals surface area contributed by atoms with E-state index in [1.54, 1.807) is 0 Å². The van der Waals surface area contributed by atoms with E-state index in [0.717, 1.165) is 33.5 Å². The second-order valence-corrected chi connectivity index (χ2v) is 7.54. The normalized spacial score (nSPS) is 12.6. The summed E-state index contributed by atoms with van der Waals surface area (Å²) in [5.41, 5.74) is 8.51. The molecule has 1 heterocycles. The van der Waals surface area contributed by atoms with Crippen molar-refractivity contribution in [3.05, 3.63) is 109 Å². The molecule has 0 spiro atoms. The average Bonchev–Trinajstić information content (AvgIpc) is 3.23. The maximum absolute atomic E-state index is 9.59. The third kappa shape index (κ3) is 2.61. The van der Waals surface area contributed by atoms with Gasteiger partial charge < -0.3 is 0 Å². The molecular weight excluding hydrogens is 380 g/mol. The van der Waals surface area contributed by atoms with Crippen LogP contribution in [0.1, 0.15) is 5.56 Å². The average molecular weight is 398 g/mol. The van der Waals surface area contributed by atoms with Crippen molar-refractivity contribution in [2.45, 2.75) is 0 Å². The highest BCUT2D eigenvalue weighted by Crippen LogP contribution is 2.46. The van der Waals surface area contributed by atoms with Gasteiger partial charge >= 0.3 is 0 Å². The van der Waals surface area contributed by atoms with Crippen LogP contribution in [0, 0.1) is 11.3 Å². The lowest BCUT2D eigenvalue weighted by Crippen LogP contribution is -2.38. The van der Waals surface area contributed by atoms with Gasteiger partial charge in [0.25, 0.3) is 0 Å². The van der Waals surface area contributed by atoms with Gasteiger partial charge in [-0.3, -0.25) is 5.43 Å². The fraction of sp³-hybridized carbons (Fsp3) is 0. The summed E-state index contributed by atoms with van der Waals surface area (Å²) in [5, 5.41) is 18.2. The highest BCUT2D eigenvalue weighted by molar-refractivity contribution is 6.07. The predicted octanol–water partition coefficient (Wildman–Crippen LogP) is 6.76. The van der Waals surface area contributed by atoms with Gasteiger partial charge in [-0.1, -0.05) is 72.8 Å². The first-order valence-corrected chi connectivity index (χ1v) is 10.2. The SMILES string of the molecule is N#Cc1ccc(N2Nc3c(ccc4ccccc34)N2c2ccccc2)c2ccccc12. The number of fused-ring (bicyclic) bond motifs is 4. The number of nitrogens with zero attached hydrogens (tertiary/aromatic N) is 3. The summed E-state index contributed by atoms with van der Waals surface area (Å²) < 4.78 is 0. The Bertz CT molecular complexity index is 1480. The fourth-order valence-electron chi connectivity index (χ4n) is 4.37. The van der Waals surface area contributed by atoms with E-state index < -0.39 is 0 Å². The highest BCUT2D eigenvalue weighted by Gasteiger charge is 2.31. The number of hydrogen-bond acceptors (Lipinski definition) is 4. The number of hydrogen-bond donors (Lipinski definition) is 1. The first-order chi connectivity index (χ1) is 15.3. The van der Waals surface area contributed by atoms with Gasteiger partial charge in [0.05, 0.1) is 34.4 Å². The van der Waals surface area contributed by atoms with Crippen LogP contribution in [0.2, 0.25) is 0 Å². The van der Waals surface area contributed by atoms with Crippen molar-refractivity contribution >= 4 is 44.3 Å². The smallest absolute Gasteiger partial charge is 0.0998 e. The van der Waals surface area contributed by atoms with E-state index in [2.05, 4.69) is 76.2 Å². The largest absolute Gasteiger partial charge is 0.276 e. The van der Waals surface area contributed by atoms with Gasteiger partial charge in [0.2, 0.25) is 0 Å². The van der Waals surface area contributed by atoms with Gasteiger partial charge in [-0.25, -0.2) is 5.01 Å². The summed E-state index contributed by atoms with van der Waals surface area (Å²) in [6, 6.07) is 37.3. The lowest BCUT2D eigenvalue weighted by Gasteiger charge is -2.31. The van der Waals surface area contributed by atoms with E-state index >= 15 is 0 Å². The number of hydrazine groups is 2. The minimum Gasteiger partial charge on any atom is -0.276 e. The van der Waals surface area contributed by atoms with E-state index in [1.807, 2.05) is 48.5 Å². The van der Waals surface area contributed by atoms with Crippen molar-refractivity contribution in [1.82, 2.24) is 0 Å². The van der Waals surface area contributed by atoms with Crippen molar-refractivity contribution in [3.63, 3.8) is 0 Å². The molecule has 0 radical (unpaired) electrons. The molecule has 1 aliphatic rings. The third-order valence-electron chi connectivity index (χ3n) is 5.80. The molecule has 0 atom stereocenters. The van der Waals surface area contributed by atoms with Crippen molar-refractivity contribution in [3.8, 4) is 6.07 Å². The number of rotatable bonds is 2. The van der Waals surface area contributed by atoms with E-state index in [-0.39, 0.29) is 0 Å². The van der Waals surface area contributed by atoms with E-state index in [0.29, 0.717) is 5.56 Å². The number of nitriles is 1. The van der Waals surface area contributed by atoms with Gasteiger partial charge in [-0.2, -0.15) is 10.4 Å². The highest BCUT2D eigenvalue weighted by atomic mass is 15.8. The van der Waals surface area contributed by atoms with Crippen LogP contribution in [0.3, 0.4) is 0 Å². The zero-order valence-electron chi connectivity index (χ0n) is 16.7. The van der Waals surface area contributed by atoms with Gasteiger partial charge in [-0.15, -0.1) is 0 Å². The molecule has 0 unspecified atom stereocenters. The van der Waals surface area contributed by atoms with E-state index in [4.69, 9.17) is 0 Å². The second kappa shape index (κ2) is 6.79. The standard InChI is InChI=1S/C27H18N4/c28-18-20-15-16-25(24-13-7-6-11-22(20)24)31-29-27-23-12-5-4-8-19(23)14-17-26(27)30(31)21-9-2-1-3-10-21/h1-17,29H. The van der Waals surface area contributed by atoms with Gasteiger partial charge in [0.1, 0.15) is 0 Å². The lowest BCUT2D eigenvalue weighted by molar-refractivity contribution is 0.975.